The van der Waals surface area contributed by atoms with Gasteiger partial charge in [-0.25, -0.2) is 9.48 Å². The van der Waals surface area contributed by atoms with E-state index in [0.717, 1.165) is 17.0 Å². The van der Waals surface area contributed by atoms with Gasteiger partial charge < -0.3 is 9.47 Å². The molecule has 0 aliphatic heterocycles. The van der Waals surface area contributed by atoms with E-state index in [2.05, 4.69) is 15.5 Å². The number of carbonyl (C=O) groups is 1. The van der Waals surface area contributed by atoms with E-state index in [-0.39, 0.29) is 12.6 Å². The summed E-state index contributed by atoms with van der Waals surface area (Å²) in [7, 11) is 1.61. The molecule has 2 aromatic carbocycles. The van der Waals surface area contributed by atoms with Crippen molar-refractivity contribution >= 4 is 5.97 Å². The molecule has 0 aliphatic carbocycles. The maximum Gasteiger partial charge on any atom is 0.338 e. The van der Waals surface area contributed by atoms with Crippen molar-refractivity contribution in [1.82, 2.24) is 20.2 Å². The number of ether oxygens (including phenoxy) is 2. The first-order valence-corrected chi connectivity index (χ1v) is 6.90. The average Bonchev–Trinajstić information content (AvgIpc) is 3.15. The van der Waals surface area contributed by atoms with Crippen LogP contribution in [0, 0.1) is 0 Å². The molecule has 0 bridgehead atoms. The van der Waals surface area contributed by atoms with Gasteiger partial charge in [-0.1, -0.05) is 12.1 Å². The van der Waals surface area contributed by atoms with Gasteiger partial charge in [-0.05, 0) is 52.4 Å². The minimum absolute atomic E-state index is 0.206. The molecule has 116 valence electrons. The number of tetrazole rings is 1. The minimum atomic E-state index is -0.385. The molecule has 1 heterocycles. The molecule has 0 aliphatic rings. The van der Waals surface area contributed by atoms with Crippen LogP contribution in [0.25, 0.3) is 5.69 Å². The van der Waals surface area contributed by atoms with Gasteiger partial charge in [0.15, 0.2) is 0 Å². The Bertz CT molecular complexity index is 768. The van der Waals surface area contributed by atoms with Gasteiger partial charge in [-0.2, -0.15) is 0 Å². The van der Waals surface area contributed by atoms with Gasteiger partial charge in [0.25, 0.3) is 0 Å². The zero-order valence-corrected chi connectivity index (χ0v) is 12.4. The van der Waals surface area contributed by atoms with Crippen molar-refractivity contribution in [3.05, 3.63) is 66.0 Å². The summed E-state index contributed by atoms with van der Waals surface area (Å²) in [6.45, 7) is 0.206. The van der Waals surface area contributed by atoms with Crippen molar-refractivity contribution in [2.45, 2.75) is 6.61 Å². The Balaban J connectivity index is 1.61. The molecule has 0 radical (unpaired) electrons. The molecule has 0 amide bonds. The Morgan fingerprint density at radius 2 is 1.83 bits per heavy atom. The van der Waals surface area contributed by atoms with E-state index in [1.54, 1.807) is 31.4 Å². The van der Waals surface area contributed by atoms with Crippen molar-refractivity contribution in [2.75, 3.05) is 7.11 Å². The summed E-state index contributed by atoms with van der Waals surface area (Å²) in [4.78, 5) is 12.0. The van der Waals surface area contributed by atoms with Gasteiger partial charge in [-0.3, -0.25) is 0 Å². The molecule has 1 aromatic heterocycles. The van der Waals surface area contributed by atoms with Gasteiger partial charge in [0.05, 0.1) is 18.4 Å². The number of hydrogen-bond donors (Lipinski definition) is 0. The summed E-state index contributed by atoms with van der Waals surface area (Å²) in [5.74, 6) is 0.377. The Kier molecular flexibility index (Phi) is 4.28. The second-order valence-corrected chi connectivity index (χ2v) is 4.73. The third-order valence-corrected chi connectivity index (χ3v) is 3.25. The number of benzene rings is 2. The number of hydrogen-bond acceptors (Lipinski definition) is 6. The predicted molar refractivity (Wildman–Crippen MR) is 81.3 cm³/mol. The predicted octanol–water partition coefficient (Wildman–Crippen LogP) is 2.03. The Morgan fingerprint density at radius 1 is 1.09 bits per heavy atom. The van der Waals surface area contributed by atoms with E-state index < -0.39 is 0 Å². The number of aromatic nitrogens is 4. The molecule has 0 unspecified atom stereocenters. The normalized spacial score (nSPS) is 10.3. The lowest BCUT2D eigenvalue weighted by Crippen LogP contribution is -2.05. The maximum atomic E-state index is 12.0. The molecule has 0 saturated carbocycles. The van der Waals surface area contributed by atoms with Gasteiger partial charge in [0.1, 0.15) is 18.7 Å². The summed E-state index contributed by atoms with van der Waals surface area (Å²) < 4.78 is 11.9. The average molecular weight is 310 g/mol. The fraction of sp³-hybridized carbons (Fsp3) is 0.125. The first kappa shape index (κ1) is 14.7. The number of rotatable bonds is 5. The Hall–Kier alpha value is -3.22. The molecule has 0 saturated heterocycles. The second-order valence-electron chi connectivity index (χ2n) is 4.73. The number of methoxy groups -OCH3 is 1. The molecule has 23 heavy (non-hydrogen) atoms. The molecule has 7 nitrogen and oxygen atoms in total. The molecular weight excluding hydrogens is 296 g/mol. The highest BCUT2D eigenvalue weighted by Crippen LogP contribution is 2.13. The van der Waals surface area contributed by atoms with Crippen molar-refractivity contribution in [3.63, 3.8) is 0 Å². The van der Waals surface area contributed by atoms with Gasteiger partial charge in [-0.15, -0.1) is 5.10 Å². The summed E-state index contributed by atoms with van der Waals surface area (Å²) in [6.07, 6.45) is 1.48. The van der Waals surface area contributed by atoms with E-state index in [1.807, 2.05) is 24.3 Å². The van der Waals surface area contributed by atoms with Crippen LogP contribution in [0.2, 0.25) is 0 Å². The minimum Gasteiger partial charge on any atom is -0.497 e. The summed E-state index contributed by atoms with van der Waals surface area (Å²) >= 11 is 0. The van der Waals surface area contributed by atoms with E-state index >= 15 is 0 Å². The number of carbonyl (C=O) groups excluding carboxylic acids is 1. The van der Waals surface area contributed by atoms with Crippen LogP contribution < -0.4 is 4.74 Å². The Morgan fingerprint density at radius 3 is 2.43 bits per heavy atom. The van der Waals surface area contributed by atoms with Crippen molar-refractivity contribution in [1.29, 1.82) is 0 Å². The van der Waals surface area contributed by atoms with Crippen LogP contribution in [0.5, 0.6) is 5.75 Å². The molecule has 0 fully saturated rings. The molecule has 0 atom stereocenters. The van der Waals surface area contributed by atoms with Crippen LogP contribution in [-0.4, -0.2) is 33.3 Å². The topological polar surface area (TPSA) is 79.1 Å². The van der Waals surface area contributed by atoms with Crippen LogP contribution in [-0.2, 0) is 11.3 Å². The van der Waals surface area contributed by atoms with Gasteiger partial charge in [0, 0.05) is 0 Å². The van der Waals surface area contributed by atoms with Crippen LogP contribution in [0.3, 0.4) is 0 Å². The van der Waals surface area contributed by atoms with Gasteiger partial charge >= 0.3 is 5.97 Å². The van der Waals surface area contributed by atoms with E-state index in [0.29, 0.717) is 5.56 Å². The first-order chi connectivity index (χ1) is 11.3. The highest BCUT2D eigenvalue weighted by molar-refractivity contribution is 5.89. The SMILES string of the molecule is COc1ccc(COC(=O)c2ccc(-n3cnnn3)cc2)cc1. The van der Waals surface area contributed by atoms with Crippen molar-refractivity contribution < 1.29 is 14.3 Å². The van der Waals surface area contributed by atoms with Crippen LogP contribution in [0.15, 0.2) is 54.9 Å². The molecule has 0 spiro atoms. The van der Waals surface area contributed by atoms with Crippen LogP contribution in [0.4, 0.5) is 0 Å². The monoisotopic (exact) mass is 310 g/mol. The summed E-state index contributed by atoms with van der Waals surface area (Å²) in [5.41, 5.74) is 2.13. The lowest BCUT2D eigenvalue weighted by molar-refractivity contribution is 0.0472. The number of nitrogens with zero attached hydrogens (tertiary/aromatic N) is 4. The second kappa shape index (κ2) is 6.69. The fourth-order valence-electron chi connectivity index (χ4n) is 1.98. The largest absolute Gasteiger partial charge is 0.497 e. The lowest BCUT2D eigenvalue weighted by atomic mass is 10.2. The van der Waals surface area contributed by atoms with Gasteiger partial charge in [0.2, 0.25) is 0 Å². The summed E-state index contributed by atoms with van der Waals surface area (Å²) in [6, 6.07) is 14.2. The standard InChI is InChI=1S/C16H14N4O3/c1-22-15-8-2-12(3-9-15)10-23-16(21)13-4-6-14(7-5-13)20-11-17-18-19-20/h2-9,11H,10H2,1H3. The molecular formula is C16H14N4O3. The Labute approximate surface area is 132 Å². The smallest absolute Gasteiger partial charge is 0.338 e. The fourth-order valence-corrected chi connectivity index (χ4v) is 1.98. The zero-order valence-electron chi connectivity index (χ0n) is 12.4. The van der Waals surface area contributed by atoms with E-state index in [1.165, 1.54) is 11.0 Å². The highest BCUT2D eigenvalue weighted by Gasteiger charge is 2.08. The highest BCUT2D eigenvalue weighted by atomic mass is 16.5. The van der Waals surface area contributed by atoms with Crippen molar-refractivity contribution in [3.8, 4) is 11.4 Å². The quantitative estimate of drug-likeness (QED) is 0.671. The third kappa shape index (κ3) is 3.52. The molecule has 0 N–H and O–H groups in total. The zero-order chi connectivity index (χ0) is 16.1. The first-order valence-electron chi connectivity index (χ1n) is 6.90. The van der Waals surface area contributed by atoms with Crippen molar-refractivity contribution in [2.24, 2.45) is 0 Å². The molecule has 3 aromatic rings. The molecule has 3 rings (SSSR count). The molecule has 7 heteroatoms. The third-order valence-electron chi connectivity index (χ3n) is 3.25. The maximum absolute atomic E-state index is 12.0. The number of esters is 1. The summed E-state index contributed by atoms with van der Waals surface area (Å²) in [5, 5.41) is 10.9. The van der Waals surface area contributed by atoms with Crippen LogP contribution in [0.1, 0.15) is 15.9 Å². The lowest BCUT2D eigenvalue weighted by Gasteiger charge is -2.06. The van der Waals surface area contributed by atoms with Crippen LogP contribution >= 0.6 is 0 Å². The van der Waals surface area contributed by atoms with E-state index in [9.17, 15) is 4.79 Å². The van der Waals surface area contributed by atoms with E-state index in [4.69, 9.17) is 9.47 Å².